The van der Waals surface area contributed by atoms with Gasteiger partial charge < -0.3 is 14.8 Å². The van der Waals surface area contributed by atoms with Gasteiger partial charge in [0.15, 0.2) is 5.82 Å². The Bertz CT molecular complexity index is 1000. The molecule has 0 saturated heterocycles. The Morgan fingerprint density at radius 2 is 1.94 bits per heavy atom. The number of hydrogen-bond acceptors (Lipinski definition) is 4. The second kappa shape index (κ2) is 9.83. The van der Waals surface area contributed by atoms with Crippen molar-refractivity contribution in [3.63, 3.8) is 0 Å². The lowest BCUT2D eigenvalue weighted by Gasteiger charge is -2.23. The predicted molar refractivity (Wildman–Crippen MR) is 118 cm³/mol. The number of aromatic nitrogens is 3. The van der Waals surface area contributed by atoms with Gasteiger partial charge in [0.2, 0.25) is 5.91 Å². The van der Waals surface area contributed by atoms with Gasteiger partial charge in [-0.1, -0.05) is 30.3 Å². The fraction of sp³-hybridized carbons (Fsp3) is 0.375. The van der Waals surface area contributed by atoms with Crippen LogP contribution in [0.4, 0.5) is 4.39 Å². The maximum atomic E-state index is 13.2. The van der Waals surface area contributed by atoms with Gasteiger partial charge in [-0.15, -0.1) is 10.2 Å². The first kappa shape index (κ1) is 21.2. The average Bonchev–Trinajstić information content (AvgIpc) is 3.22. The van der Waals surface area contributed by atoms with E-state index in [2.05, 4.69) is 39.6 Å². The van der Waals surface area contributed by atoms with Crippen molar-refractivity contribution >= 4 is 5.91 Å². The van der Waals surface area contributed by atoms with Crippen molar-refractivity contribution in [2.45, 2.75) is 38.3 Å². The van der Waals surface area contributed by atoms with Gasteiger partial charge in [0.25, 0.3) is 0 Å². The first-order chi connectivity index (χ1) is 15.1. The van der Waals surface area contributed by atoms with Crippen LogP contribution in [0.1, 0.15) is 36.6 Å². The van der Waals surface area contributed by atoms with E-state index < -0.39 is 0 Å². The SMILES string of the molecule is CN(CCCNC(=O)C1CCCn2c(-c3ccc(F)cc3)nnc21)Cc1ccccc1. The van der Waals surface area contributed by atoms with Gasteiger partial charge >= 0.3 is 0 Å². The number of nitrogens with one attached hydrogen (secondary N) is 1. The second-order valence-corrected chi connectivity index (χ2v) is 8.10. The molecule has 1 amide bonds. The summed E-state index contributed by atoms with van der Waals surface area (Å²) in [4.78, 5) is 15.1. The highest BCUT2D eigenvalue weighted by molar-refractivity contribution is 5.83. The van der Waals surface area contributed by atoms with Crippen molar-refractivity contribution < 1.29 is 9.18 Å². The van der Waals surface area contributed by atoms with Crippen LogP contribution in [0.2, 0.25) is 0 Å². The van der Waals surface area contributed by atoms with E-state index in [0.29, 0.717) is 18.2 Å². The number of hydrogen-bond donors (Lipinski definition) is 1. The van der Waals surface area contributed by atoms with Gasteiger partial charge in [-0.2, -0.15) is 0 Å². The number of rotatable bonds is 8. The van der Waals surface area contributed by atoms with Crippen LogP contribution in [0.3, 0.4) is 0 Å². The first-order valence-corrected chi connectivity index (χ1v) is 10.8. The fourth-order valence-electron chi connectivity index (χ4n) is 4.09. The van der Waals surface area contributed by atoms with E-state index in [1.54, 1.807) is 12.1 Å². The van der Waals surface area contributed by atoms with Crippen molar-refractivity contribution in [1.29, 1.82) is 0 Å². The number of benzene rings is 2. The van der Waals surface area contributed by atoms with Gasteiger partial charge in [0.1, 0.15) is 11.6 Å². The molecule has 1 aliphatic rings. The minimum absolute atomic E-state index is 0.00437. The van der Waals surface area contributed by atoms with Gasteiger partial charge in [0, 0.05) is 25.2 Å². The van der Waals surface area contributed by atoms with Gasteiger partial charge in [-0.05, 0) is 62.7 Å². The summed E-state index contributed by atoms with van der Waals surface area (Å²) < 4.78 is 15.2. The van der Waals surface area contributed by atoms with E-state index in [-0.39, 0.29) is 17.6 Å². The molecule has 3 aromatic rings. The molecule has 1 unspecified atom stereocenters. The predicted octanol–water partition coefficient (Wildman–Crippen LogP) is 3.60. The summed E-state index contributed by atoms with van der Waals surface area (Å²) in [5.41, 5.74) is 2.09. The number of nitrogens with zero attached hydrogens (tertiary/aromatic N) is 4. The van der Waals surface area contributed by atoms with Crippen molar-refractivity contribution in [1.82, 2.24) is 25.0 Å². The molecule has 162 valence electrons. The molecule has 1 atom stereocenters. The third-order valence-corrected chi connectivity index (χ3v) is 5.70. The van der Waals surface area contributed by atoms with E-state index in [4.69, 9.17) is 0 Å². The van der Waals surface area contributed by atoms with Crippen LogP contribution in [0.15, 0.2) is 54.6 Å². The van der Waals surface area contributed by atoms with Crippen molar-refractivity contribution in [3.05, 3.63) is 71.8 Å². The Morgan fingerprint density at radius 1 is 1.16 bits per heavy atom. The lowest BCUT2D eigenvalue weighted by Crippen LogP contribution is -2.34. The smallest absolute Gasteiger partial charge is 0.230 e. The standard InChI is InChI=1S/C24H28FN5O/c1-29(17-18-7-3-2-4-8-18)15-6-14-26-24(31)21-9-5-16-30-22(27-28-23(21)30)19-10-12-20(25)13-11-19/h2-4,7-8,10-13,21H,5-6,9,14-17H2,1H3,(H,26,31). The van der Waals surface area contributed by atoms with Crippen molar-refractivity contribution in [2.75, 3.05) is 20.1 Å². The molecule has 1 N–H and O–H groups in total. The summed E-state index contributed by atoms with van der Waals surface area (Å²) >= 11 is 0. The molecule has 6 nitrogen and oxygen atoms in total. The van der Waals surface area contributed by atoms with Crippen LogP contribution in [0.25, 0.3) is 11.4 Å². The number of carbonyl (C=O) groups is 1. The van der Waals surface area contributed by atoms with Gasteiger partial charge in [-0.25, -0.2) is 4.39 Å². The number of amides is 1. The summed E-state index contributed by atoms with van der Waals surface area (Å²) in [7, 11) is 2.09. The zero-order chi connectivity index (χ0) is 21.6. The maximum Gasteiger partial charge on any atom is 0.230 e. The zero-order valence-corrected chi connectivity index (χ0v) is 17.8. The monoisotopic (exact) mass is 421 g/mol. The molecule has 0 radical (unpaired) electrons. The molecule has 0 aliphatic carbocycles. The molecule has 2 heterocycles. The first-order valence-electron chi connectivity index (χ1n) is 10.8. The largest absolute Gasteiger partial charge is 0.355 e. The molecule has 1 aliphatic heterocycles. The molecule has 4 rings (SSSR count). The van der Waals surface area contributed by atoms with E-state index in [0.717, 1.165) is 44.5 Å². The highest BCUT2D eigenvalue weighted by Gasteiger charge is 2.30. The van der Waals surface area contributed by atoms with Crippen molar-refractivity contribution in [3.8, 4) is 11.4 Å². The van der Waals surface area contributed by atoms with E-state index >= 15 is 0 Å². The summed E-state index contributed by atoms with van der Waals surface area (Å²) in [6.07, 6.45) is 2.54. The molecule has 1 aromatic heterocycles. The summed E-state index contributed by atoms with van der Waals surface area (Å²) in [6.45, 7) is 3.20. The zero-order valence-electron chi connectivity index (χ0n) is 17.8. The van der Waals surface area contributed by atoms with Crippen molar-refractivity contribution in [2.24, 2.45) is 0 Å². The number of halogens is 1. The third-order valence-electron chi connectivity index (χ3n) is 5.70. The fourth-order valence-corrected chi connectivity index (χ4v) is 4.09. The second-order valence-electron chi connectivity index (χ2n) is 8.10. The topological polar surface area (TPSA) is 63.1 Å². The molecular weight excluding hydrogens is 393 g/mol. The van der Waals surface area contributed by atoms with Crippen LogP contribution < -0.4 is 5.32 Å². The lowest BCUT2D eigenvalue weighted by molar-refractivity contribution is -0.123. The van der Waals surface area contributed by atoms with Crippen LogP contribution in [0.5, 0.6) is 0 Å². The highest BCUT2D eigenvalue weighted by atomic mass is 19.1. The molecule has 2 aromatic carbocycles. The minimum Gasteiger partial charge on any atom is -0.355 e. The quantitative estimate of drug-likeness (QED) is 0.565. The molecule has 31 heavy (non-hydrogen) atoms. The Hall–Kier alpha value is -3.06. The molecule has 0 saturated carbocycles. The Balaban J connectivity index is 1.30. The number of fused-ring (bicyclic) bond motifs is 1. The lowest BCUT2D eigenvalue weighted by atomic mass is 9.97. The maximum absolute atomic E-state index is 13.2. The van der Waals surface area contributed by atoms with E-state index in [1.165, 1.54) is 17.7 Å². The Morgan fingerprint density at radius 3 is 2.71 bits per heavy atom. The van der Waals surface area contributed by atoms with Crippen LogP contribution in [-0.2, 0) is 17.9 Å². The minimum atomic E-state index is -0.294. The van der Waals surface area contributed by atoms with Gasteiger partial charge in [-0.3, -0.25) is 4.79 Å². The number of carbonyl (C=O) groups excluding carboxylic acids is 1. The molecule has 0 bridgehead atoms. The third kappa shape index (κ3) is 5.17. The molecule has 0 spiro atoms. The Labute approximate surface area is 182 Å². The Kier molecular flexibility index (Phi) is 6.72. The highest BCUT2D eigenvalue weighted by Crippen LogP contribution is 2.30. The molecular formula is C24H28FN5O. The summed E-state index contributed by atoms with van der Waals surface area (Å²) in [6, 6.07) is 16.6. The van der Waals surface area contributed by atoms with Crippen LogP contribution >= 0.6 is 0 Å². The van der Waals surface area contributed by atoms with E-state index in [1.807, 2.05) is 22.8 Å². The molecule has 0 fully saturated rings. The van der Waals surface area contributed by atoms with Crippen LogP contribution in [-0.4, -0.2) is 45.7 Å². The van der Waals surface area contributed by atoms with Crippen LogP contribution in [0, 0.1) is 5.82 Å². The molecule has 7 heteroatoms. The average molecular weight is 422 g/mol. The summed E-state index contributed by atoms with van der Waals surface area (Å²) in [5, 5.41) is 11.7. The van der Waals surface area contributed by atoms with Gasteiger partial charge in [0.05, 0.1) is 5.92 Å². The normalized spacial score (nSPS) is 15.6. The summed E-state index contributed by atoms with van der Waals surface area (Å²) in [5.74, 6) is 0.815. The van der Waals surface area contributed by atoms with E-state index in [9.17, 15) is 9.18 Å².